The van der Waals surface area contributed by atoms with Crippen LogP contribution in [0, 0.1) is 0 Å². The fraction of sp³-hybridized carbons (Fsp3) is 0.278. The van der Waals surface area contributed by atoms with Crippen molar-refractivity contribution in [2.75, 3.05) is 26.1 Å². The van der Waals surface area contributed by atoms with E-state index in [1.807, 2.05) is 13.0 Å². The van der Waals surface area contributed by atoms with Gasteiger partial charge in [0.15, 0.2) is 11.5 Å². The van der Waals surface area contributed by atoms with E-state index in [0.717, 1.165) is 5.56 Å². The number of amides is 1. The van der Waals surface area contributed by atoms with E-state index in [-0.39, 0.29) is 18.5 Å². The van der Waals surface area contributed by atoms with Crippen LogP contribution >= 0.6 is 23.2 Å². The van der Waals surface area contributed by atoms with Crippen LogP contribution in [0.25, 0.3) is 0 Å². The third-order valence-electron chi connectivity index (χ3n) is 3.67. The van der Waals surface area contributed by atoms with Crippen LogP contribution in [-0.2, 0) is 4.79 Å². The summed E-state index contributed by atoms with van der Waals surface area (Å²) in [5.74, 6) is 0.975. The van der Waals surface area contributed by atoms with Gasteiger partial charge in [0, 0.05) is 27.8 Å². The lowest BCUT2D eigenvalue weighted by atomic mass is 10.1. The van der Waals surface area contributed by atoms with Crippen LogP contribution in [0.15, 0.2) is 36.4 Å². The number of benzene rings is 2. The maximum atomic E-state index is 12.1. The minimum absolute atomic E-state index is 0.0964. The summed E-state index contributed by atoms with van der Waals surface area (Å²) in [7, 11) is 3.10. The highest BCUT2D eigenvalue weighted by Gasteiger charge is 2.12. The Morgan fingerprint density at radius 2 is 1.80 bits per heavy atom. The van der Waals surface area contributed by atoms with Crippen molar-refractivity contribution >= 4 is 34.8 Å². The number of rotatable bonds is 7. The largest absolute Gasteiger partial charge is 0.493 e. The zero-order valence-corrected chi connectivity index (χ0v) is 15.7. The second-order valence-corrected chi connectivity index (χ2v) is 6.23. The van der Waals surface area contributed by atoms with E-state index in [1.165, 1.54) is 0 Å². The van der Waals surface area contributed by atoms with Gasteiger partial charge in [-0.2, -0.15) is 0 Å². The molecule has 0 radical (unpaired) electrons. The number of carbonyl (C=O) groups excluding carboxylic acids is 1. The number of methoxy groups -OCH3 is 2. The molecule has 0 spiro atoms. The predicted molar refractivity (Wildman–Crippen MR) is 101 cm³/mol. The molecule has 0 bridgehead atoms. The van der Waals surface area contributed by atoms with Crippen LogP contribution in [0.3, 0.4) is 0 Å². The third-order valence-corrected chi connectivity index (χ3v) is 4.23. The first-order valence-electron chi connectivity index (χ1n) is 7.64. The number of halogens is 2. The van der Waals surface area contributed by atoms with Crippen LogP contribution in [0.4, 0.5) is 5.69 Å². The molecular weight excluding hydrogens is 363 g/mol. The van der Waals surface area contributed by atoms with Gasteiger partial charge in [-0.3, -0.25) is 4.79 Å². The Morgan fingerprint density at radius 3 is 2.44 bits per heavy atom. The number of hydrogen-bond acceptors (Lipinski definition) is 4. The molecule has 1 amide bonds. The normalized spacial score (nSPS) is 11.7. The molecule has 2 aromatic carbocycles. The van der Waals surface area contributed by atoms with Gasteiger partial charge in [0.05, 0.1) is 20.8 Å². The molecule has 0 fully saturated rings. The van der Waals surface area contributed by atoms with Gasteiger partial charge in [0.2, 0.25) is 5.91 Å². The fourth-order valence-electron chi connectivity index (χ4n) is 2.33. The van der Waals surface area contributed by atoms with Crippen molar-refractivity contribution in [3.05, 3.63) is 52.0 Å². The van der Waals surface area contributed by atoms with E-state index in [1.54, 1.807) is 44.6 Å². The van der Waals surface area contributed by atoms with Gasteiger partial charge in [-0.25, -0.2) is 0 Å². The molecule has 0 saturated heterocycles. The van der Waals surface area contributed by atoms with E-state index in [9.17, 15) is 4.79 Å². The Bertz CT molecular complexity index is 753. The van der Waals surface area contributed by atoms with Crippen molar-refractivity contribution in [1.29, 1.82) is 0 Å². The molecule has 0 aliphatic carbocycles. The SMILES string of the molecule is COc1ccc(NC(=O)CN[C@@H](C)c2ccc(Cl)cc2Cl)cc1OC. The van der Waals surface area contributed by atoms with Gasteiger partial charge in [0.1, 0.15) is 0 Å². The smallest absolute Gasteiger partial charge is 0.238 e. The van der Waals surface area contributed by atoms with Gasteiger partial charge < -0.3 is 20.1 Å². The standard InChI is InChI=1S/C18H20Cl2N2O3/c1-11(14-6-4-12(19)8-15(14)20)21-10-18(23)22-13-5-7-16(24-2)17(9-13)25-3/h4-9,11,21H,10H2,1-3H3,(H,22,23)/t11-/m0/s1. The molecule has 0 saturated carbocycles. The summed E-state index contributed by atoms with van der Waals surface area (Å²) in [5.41, 5.74) is 1.51. The molecule has 2 rings (SSSR count). The lowest BCUT2D eigenvalue weighted by Crippen LogP contribution is -2.30. The molecule has 134 valence electrons. The number of hydrogen-bond donors (Lipinski definition) is 2. The maximum absolute atomic E-state index is 12.1. The van der Waals surface area contributed by atoms with Crippen LogP contribution < -0.4 is 20.1 Å². The summed E-state index contributed by atoms with van der Waals surface area (Å²) < 4.78 is 10.4. The second kappa shape index (κ2) is 8.94. The number of anilines is 1. The van der Waals surface area contributed by atoms with Crippen molar-refractivity contribution in [1.82, 2.24) is 5.32 Å². The van der Waals surface area contributed by atoms with E-state index < -0.39 is 0 Å². The van der Waals surface area contributed by atoms with Gasteiger partial charge in [0.25, 0.3) is 0 Å². The van der Waals surface area contributed by atoms with Crippen LogP contribution in [0.5, 0.6) is 11.5 Å². The Labute approximate surface area is 157 Å². The van der Waals surface area contributed by atoms with Gasteiger partial charge in [-0.15, -0.1) is 0 Å². The highest BCUT2D eigenvalue weighted by Crippen LogP contribution is 2.29. The van der Waals surface area contributed by atoms with Crippen LogP contribution in [-0.4, -0.2) is 26.7 Å². The first kappa shape index (κ1) is 19.4. The average Bonchev–Trinajstić information content (AvgIpc) is 2.59. The molecule has 0 unspecified atom stereocenters. The van der Waals surface area contributed by atoms with Crippen molar-refractivity contribution in [3.8, 4) is 11.5 Å². The van der Waals surface area contributed by atoms with E-state index in [4.69, 9.17) is 32.7 Å². The summed E-state index contributed by atoms with van der Waals surface area (Å²) in [5, 5.41) is 7.08. The van der Waals surface area contributed by atoms with E-state index in [2.05, 4.69) is 10.6 Å². The van der Waals surface area contributed by atoms with Crippen molar-refractivity contribution in [3.63, 3.8) is 0 Å². The fourth-order valence-corrected chi connectivity index (χ4v) is 2.90. The lowest BCUT2D eigenvalue weighted by Gasteiger charge is -2.16. The summed E-state index contributed by atoms with van der Waals surface area (Å²) >= 11 is 12.1. The second-order valence-electron chi connectivity index (χ2n) is 5.39. The monoisotopic (exact) mass is 382 g/mol. The van der Waals surface area contributed by atoms with Crippen molar-refractivity contribution in [2.45, 2.75) is 13.0 Å². The lowest BCUT2D eigenvalue weighted by molar-refractivity contribution is -0.115. The highest BCUT2D eigenvalue weighted by atomic mass is 35.5. The third kappa shape index (κ3) is 5.26. The number of ether oxygens (including phenoxy) is 2. The van der Waals surface area contributed by atoms with Gasteiger partial charge in [-0.1, -0.05) is 29.3 Å². The quantitative estimate of drug-likeness (QED) is 0.749. The Hall–Kier alpha value is -1.95. The molecule has 1 atom stereocenters. The molecule has 0 aliphatic rings. The van der Waals surface area contributed by atoms with Crippen molar-refractivity contribution in [2.24, 2.45) is 0 Å². The van der Waals surface area contributed by atoms with Crippen molar-refractivity contribution < 1.29 is 14.3 Å². The Balaban J connectivity index is 1.94. The molecule has 2 N–H and O–H groups in total. The topological polar surface area (TPSA) is 59.6 Å². The zero-order valence-electron chi connectivity index (χ0n) is 14.2. The Morgan fingerprint density at radius 1 is 1.08 bits per heavy atom. The first-order valence-corrected chi connectivity index (χ1v) is 8.40. The zero-order chi connectivity index (χ0) is 18.4. The first-order chi connectivity index (χ1) is 11.9. The van der Waals surface area contributed by atoms with Gasteiger partial charge >= 0.3 is 0 Å². The molecule has 2 aromatic rings. The molecule has 0 aliphatic heterocycles. The summed E-state index contributed by atoms with van der Waals surface area (Å²) in [6.07, 6.45) is 0. The highest BCUT2D eigenvalue weighted by molar-refractivity contribution is 6.35. The molecular formula is C18H20Cl2N2O3. The van der Waals surface area contributed by atoms with E-state index >= 15 is 0 Å². The number of nitrogens with one attached hydrogen (secondary N) is 2. The van der Waals surface area contributed by atoms with Gasteiger partial charge in [-0.05, 0) is 36.8 Å². The average molecular weight is 383 g/mol. The number of carbonyl (C=O) groups is 1. The molecule has 5 nitrogen and oxygen atoms in total. The molecule has 25 heavy (non-hydrogen) atoms. The summed E-state index contributed by atoms with van der Waals surface area (Å²) in [6, 6.07) is 10.4. The minimum Gasteiger partial charge on any atom is -0.493 e. The minimum atomic E-state index is -0.177. The molecule has 7 heteroatoms. The molecule has 0 heterocycles. The molecule has 0 aromatic heterocycles. The summed E-state index contributed by atoms with van der Waals surface area (Å²) in [6.45, 7) is 2.06. The maximum Gasteiger partial charge on any atom is 0.238 e. The van der Waals surface area contributed by atoms with Crippen LogP contribution in [0.2, 0.25) is 10.0 Å². The van der Waals surface area contributed by atoms with Crippen LogP contribution in [0.1, 0.15) is 18.5 Å². The predicted octanol–water partition coefficient (Wildman–Crippen LogP) is 4.30. The Kier molecular flexibility index (Phi) is 6.93. The summed E-state index contributed by atoms with van der Waals surface area (Å²) in [4.78, 5) is 12.1. The van der Waals surface area contributed by atoms with E-state index in [0.29, 0.717) is 27.2 Å².